The minimum absolute atomic E-state index is 0.175. The zero-order valence-corrected chi connectivity index (χ0v) is 26.0. The van der Waals surface area contributed by atoms with Crippen LogP contribution in [-0.4, -0.2) is 56.2 Å². The molecule has 0 spiro atoms. The molecule has 0 saturated carbocycles. The fraction of sp³-hybridized carbons (Fsp3) is 0.281. The molecule has 12 nitrogen and oxygen atoms in total. The van der Waals surface area contributed by atoms with Crippen molar-refractivity contribution in [2.45, 2.75) is 20.8 Å². The largest absolute Gasteiger partial charge is 0.462 e. The van der Waals surface area contributed by atoms with E-state index in [4.69, 9.17) is 25.8 Å². The van der Waals surface area contributed by atoms with Crippen LogP contribution in [0.15, 0.2) is 83.0 Å². The Morgan fingerprint density at radius 1 is 0.889 bits per heavy atom. The number of anilines is 1. The van der Waals surface area contributed by atoms with Crippen molar-refractivity contribution in [1.29, 1.82) is 0 Å². The second-order valence-corrected chi connectivity index (χ2v) is 11.1. The number of likely N-dealkylation sites (N-methyl/N-ethyl adjacent to an activating group) is 1. The number of carbonyl (C=O) groups is 3. The summed E-state index contributed by atoms with van der Waals surface area (Å²) >= 11 is 5.86. The summed E-state index contributed by atoms with van der Waals surface area (Å²) in [5.41, 5.74) is 0.879. The molecule has 0 aromatic heterocycles. The first-order chi connectivity index (χ1) is 21.3. The molecular formula is C32H33ClN4O8. The number of ether oxygens (including phenoxy) is 3. The highest BCUT2D eigenvalue weighted by Gasteiger charge is 2.24. The number of hydrogen-bond donors (Lipinski definition) is 0. The smallest absolute Gasteiger partial charge is 0.345 e. The molecule has 236 valence electrons. The van der Waals surface area contributed by atoms with E-state index in [2.05, 4.69) is 10.2 Å². The van der Waals surface area contributed by atoms with E-state index in [0.717, 1.165) is 17.3 Å². The molecule has 0 amide bonds. The maximum Gasteiger partial charge on any atom is 0.345 e. The summed E-state index contributed by atoms with van der Waals surface area (Å²) in [5, 5.41) is 20.3. The van der Waals surface area contributed by atoms with E-state index in [9.17, 15) is 24.5 Å². The SMILES string of the molecule is CN(CCOC(=O)/C=C/c1ccc(Cl)cc1)c1ccc(/N=N/c2ccc([N+](=O)[O-])c(C(=O)OCCOC(=O)C(C)(C)C)c2)cc1. The van der Waals surface area contributed by atoms with E-state index in [0.29, 0.717) is 17.3 Å². The summed E-state index contributed by atoms with van der Waals surface area (Å²) in [6.07, 6.45) is 3.00. The second-order valence-electron chi connectivity index (χ2n) is 10.7. The van der Waals surface area contributed by atoms with Gasteiger partial charge in [-0.05, 0) is 80.9 Å². The Labute approximate surface area is 265 Å². The van der Waals surface area contributed by atoms with Crippen LogP contribution in [0.4, 0.5) is 22.7 Å². The summed E-state index contributed by atoms with van der Waals surface area (Å²) in [6, 6.07) is 17.8. The normalized spacial score (nSPS) is 11.4. The van der Waals surface area contributed by atoms with Gasteiger partial charge in [-0.1, -0.05) is 23.7 Å². The van der Waals surface area contributed by atoms with Gasteiger partial charge < -0.3 is 19.1 Å². The number of nitro benzene ring substituents is 1. The lowest BCUT2D eigenvalue weighted by Gasteiger charge is -2.18. The third-order valence-corrected chi connectivity index (χ3v) is 6.34. The van der Waals surface area contributed by atoms with E-state index >= 15 is 0 Å². The van der Waals surface area contributed by atoms with Gasteiger partial charge in [-0.15, -0.1) is 0 Å². The van der Waals surface area contributed by atoms with Gasteiger partial charge in [0.25, 0.3) is 5.69 Å². The predicted molar refractivity (Wildman–Crippen MR) is 169 cm³/mol. The summed E-state index contributed by atoms with van der Waals surface area (Å²) in [4.78, 5) is 49.1. The minimum atomic E-state index is -0.957. The van der Waals surface area contributed by atoms with Crippen LogP contribution >= 0.6 is 11.6 Å². The third-order valence-electron chi connectivity index (χ3n) is 6.08. The minimum Gasteiger partial charge on any atom is -0.462 e. The third kappa shape index (κ3) is 11.2. The Hall–Kier alpha value is -5.10. The monoisotopic (exact) mass is 636 g/mol. The van der Waals surface area contributed by atoms with Crippen molar-refractivity contribution in [2.75, 3.05) is 38.3 Å². The summed E-state index contributed by atoms with van der Waals surface area (Å²) in [5.74, 6) is -1.88. The van der Waals surface area contributed by atoms with Crippen molar-refractivity contribution in [3.63, 3.8) is 0 Å². The Balaban J connectivity index is 1.53. The number of rotatable bonds is 13. The molecule has 0 bridgehead atoms. The lowest BCUT2D eigenvalue weighted by Crippen LogP contribution is -2.25. The first-order valence-electron chi connectivity index (χ1n) is 13.8. The number of nitro groups is 1. The standard InChI is InChI=1S/C32H33ClN4O8/c1-32(2,3)31(40)45-20-19-44-30(39)27-21-25(12-15-28(27)37(41)42)35-34-24-10-13-26(14-11-24)36(4)17-18-43-29(38)16-7-22-5-8-23(33)9-6-22/h5-16,21H,17-20H2,1-4H3/b16-7+,35-34+. The molecule has 0 aliphatic heterocycles. The summed E-state index contributed by atoms with van der Waals surface area (Å²) in [6.45, 7) is 5.22. The topological polar surface area (TPSA) is 150 Å². The van der Waals surface area contributed by atoms with Crippen LogP contribution in [0, 0.1) is 15.5 Å². The molecule has 0 radical (unpaired) electrons. The van der Waals surface area contributed by atoms with Crippen LogP contribution in [0.2, 0.25) is 5.02 Å². The number of hydrogen-bond acceptors (Lipinski definition) is 11. The zero-order chi connectivity index (χ0) is 33.0. The molecule has 3 aromatic carbocycles. The van der Waals surface area contributed by atoms with E-state index in [1.54, 1.807) is 63.2 Å². The Kier molecular flexibility index (Phi) is 12.3. The quantitative estimate of drug-likeness (QED) is 0.0364. The van der Waals surface area contributed by atoms with Crippen molar-refractivity contribution in [3.8, 4) is 0 Å². The predicted octanol–water partition coefficient (Wildman–Crippen LogP) is 7.10. The molecule has 0 fully saturated rings. The molecule has 3 aromatic rings. The number of esters is 3. The molecule has 13 heteroatoms. The fourth-order valence-corrected chi connectivity index (χ4v) is 3.69. The molecule has 0 aliphatic carbocycles. The molecule has 0 N–H and O–H groups in total. The van der Waals surface area contributed by atoms with Gasteiger partial charge in [0.15, 0.2) is 0 Å². The average Bonchev–Trinajstić information content (AvgIpc) is 3.01. The van der Waals surface area contributed by atoms with Crippen molar-refractivity contribution in [3.05, 3.63) is 99.1 Å². The van der Waals surface area contributed by atoms with E-state index in [1.165, 1.54) is 18.2 Å². The highest BCUT2D eigenvalue weighted by Crippen LogP contribution is 2.27. The van der Waals surface area contributed by atoms with Gasteiger partial charge in [0.05, 0.1) is 28.3 Å². The van der Waals surface area contributed by atoms with Gasteiger partial charge in [-0.2, -0.15) is 10.2 Å². The highest BCUT2D eigenvalue weighted by atomic mass is 35.5. The first-order valence-corrected chi connectivity index (χ1v) is 14.2. The Morgan fingerprint density at radius 2 is 1.51 bits per heavy atom. The van der Waals surface area contributed by atoms with Crippen molar-refractivity contribution in [2.24, 2.45) is 15.6 Å². The maximum absolute atomic E-state index is 12.6. The Bertz CT molecular complexity index is 1570. The van der Waals surface area contributed by atoms with Crippen LogP contribution in [0.3, 0.4) is 0 Å². The first kappa shape index (κ1) is 34.4. The lowest BCUT2D eigenvalue weighted by atomic mass is 9.97. The zero-order valence-electron chi connectivity index (χ0n) is 25.3. The molecule has 0 unspecified atom stereocenters. The second kappa shape index (κ2) is 16.1. The van der Waals surface area contributed by atoms with Crippen LogP contribution in [0.5, 0.6) is 0 Å². The molecule has 0 heterocycles. The fourth-order valence-electron chi connectivity index (χ4n) is 3.56. The summed E-state index contributed by atoms with van der Waals surface area (Å²) in [7, 11) is 1.85. The van der Waals surface area contributed by atoms with Gasteiger partial charge in [-0.3, -0.25) is 14.9 Å². The summed E-state index contributed by atoms with van der Waals surface area (Å²) < 4.78 is 15.4. The van der Waals surface area contributed by atoms with Crippen LogP contribution in [0.25, 0.3) is 6.08 Å². The number of carbonyl (C=O) groups excluding carboxylic acids is 3. The number of nitrogens with zero attached hydrogens (tertiary/aromatic N) is 4. The van der Waals surface area contributed by atoms with Crippen LogP contribution in [-0.2, 0) is 23.8 Å². The van der Waals surface area contributed by atoms with Gasteiger partial charge in [0.1, 0.15) is 25.4 Å². The molecule has 0 aliphatic rings. The van der Waals surface area contributed by atoms with Gasteiger partial charge >= 0.3 is 17.9 Å². The average molecular weight is 637 g/mol. The van der Waals surface area contributed by atoms with E-state index in [-0.39, 0.29) is 31.1 Å². The number of azo groups is 1. The highest BCUT2D eigenvalue weighted by molar-refractivity contribution is 6.30. The van der Waals surface area contributed by atoms with E-state index < -0.39 is 33.9 Å². The number of halogens is 1. The molecule has 0 saturated heterocycles. The van der Waals surface area contributed by atoms with Crippen LogP contribution in [0.1, 0.15) is 36.7 Å². The molecular weight excluding hydrogens is 604 g/mol. The molecule has 0 atom stereocenters. The van der Waals surface area contributed by atoms with E-state index in [1.807, 2.05) is 24.1 Å². The van der Waals surface area contributed by atoms with Gasteiger partial charge in [0, 0.05) is 29.9 Å². The van der Waals surface area contributed by atoms with Gasteiger partial charge in [0.2, 0.25) is 0 Å². The maximum atomic E-state index is 12.6. The van der Waals surface area contributed by atoms with Crippen LogP contribution < -0.4 is 4.90 Å². The van der Waals surface area contributed by atoms with Crippen molar-refractivity contribution >= 4 is 58.3 Å². The number of benzene rings is 3. The van der Waals surface area contributed by atoms with Crippen molar-refractivity contribution in [1.82, 2.24) is 0 Å². The lowest BCUT2D eigenvalue weighted by molar-refractivity contribution is -0.385. The Morgan fingerprint density at radius 3 is 2.16 bits per heavy atom. The van der Waals surface area contributed by atoms with Crippen molar-refractivity contribution < 1.29 is 33.5 Å². The molecule has 45 heavy (non-hydrogen) atoms. The van der Waals surface area contributed by atoms with Gasteiger partial charge in [-0.25, -0.2) is 9.59 Å². The molecule has 3 rings (SSSR count).